The second-order valence-corrected chi connectivity index (χ2v) is 8.41. The minimum Gasteiger partial charge on any atom is -0.480 e. The fraction of sp³-hybridized carbons (Fsp3) is 0.789. The van der Waals surface area contributed by atoms with Gasteiger partial charge in [0.15, 0.2) is 0 Å². The summed E-state index contributed by atoms with van der Waals surface area (Å²) in [7, 11) is 0. The normalized spacial score (nSPS) is 25.4. The average Bonchev–Trinajstić information content (AvgIpc) is 3.07. The minimum absolute atomic E-state index is 0.0659. The van der Waals surface area contributed by atoms with E-state index in [9.17, 15) is 9.59 Å². The monoisotopic (exact) mass is 375 g/mol. The molecule has 1 aromatic rings. The Kier molecular flexibility index (Phi) is 5.16. The van der Waals surface area contributed by atoms with E-state index in [1.54, 1.807) is 6.20 Å². The first-order chi connectivity index (χ1) is 13.1. The number of hydrogen-bond donors (Lipinski definition) is 2. The number of aliphatic carboxylic acids is 1. The molecule has 1 saturated heterocycles. The van der Waals surface area contributed by atoms with Crippen LogP contribution in [0.25, 0.3) is 0 Å². The molecule has 1 amide bonds. The lowest BCUT2D eigenvalue weighted by atomic mass is 9.82. The van der Waals surface area contributed by atoms with Crippen LogP contribution in [-0.2, 0) is 22.7 Å². The summed E-state index contributed by atoms with van der Waals surface area (Å²) >= 11 is 0. The van der Waals surface area contributed by atoms with Crippen molar-refractivity contribution in [3.8, 4) is 0 Å². The molecule has 1 aromatic heterocycles. The summed E-state index contributed by atoms with van der Waals surface area (Å²) in [4.78, 5) is 26.0. The van der Waals surface area contributed by atoms with Crippen LogP contribution in [0.15, 0.2) is 6.20 Å². The van der Waals surface area contributed by atoms with E-state index in [1.807, 2.05) is 0 Å². The molecule has 0 spiro atoms. The highest BCUT2D eigenvalue weighted by molar-refractivity contribution is 5.83. The van der Waals surface area contributed by atoms with Crippen molar-refractivity contribution in [3.63, 3.8) is 0 Å². The van der Waals surface area contributed by atoms with Gasteiger partial charge in [0.2, 0.25) is 5.91 Å². The molecule has 3 aliphatic rings. The van der Waals surface area contributed by atoms with E-state index in [2.05, 4.69) is 20.5 Å². The minimum atomic E-state index is -0.942. The molecule has 1 atom stereocenters. The van der Waals surface area contributed by atoms with E-state index >= 15 is 0 Å². The Bertz CT molecular complexity index is 693. The first-order valence-electron chi connectivity index (χ1n) is 10.2. The van der Waals surface area contributed by atoms with Gasteiger partial charge < -0.3 is 10.4 Å². The highest BCUT2D eigenvalue weighted by Crippen LogP contribution is 2.48. The van der Waals surface area contributed by atoms with Crippen molar-refractivity contribution in [2.24, 2.45) is 5.92 Å². The zero-order valence-electron chi connectivity index (χ0n) is 15.8. The molecule has 4 rings (SSSR count). The molecular weight excluding hydrogens is 346 g/mol. The molecule has 0 radical (unpaired) electrons. The molecule has 148 valence electrons. The maximum absolute atomic E-state index is 13.0. The van der Waals surface area contributed by atoms with Gasteiger partial charge >= 0.3 is 5.97 Å². The molecule has 2 N–H and O–H groups in total. The van der Waals surface area contributed by atoms with Crippen molar-refractivity contribution in [1.82, 2.24) is 25.2 Å². The number of carbonyl (C=O) groups is 2. The van der Waals surface area contributed by atoms with Gasteiger partial charge in [0, 0.05) is 12.1 Å². The summed E-state index contributed by atoms with van der Waals surface area (Å²) in [6, 6.07) is -0.115. The first-order valence-corrected chi connectivity index (χ1v) is 10.2. The van der Waals surface area contributed by atoms with Gasteiger partial charge in [0.25, 0.3) is 0 Å². The van der Waals surface area contributed by atoms with Crippen LogP contribution in [0.5, 0.6) is 0 Å². The Hall–Kier alpha value is -1.96. The largest absolute Gasteiger partial charge is 0.480 e. The maximum Gasteiger partial charge on any atom is 0.325 e. The number of carbonyl (C=O) groups excluding carboxylic acids is 1. The van der Waals surface area contributed by atoms with E-state index in [4.69, 9.17) is 5.11 Å². The highest BCUT2D eigenvalue weighted by atomic mass is 16.4. The number of aromatic nitrogens is 3. The van der Waals surface area contributed by atoms with E-state index in [0.29, 0.717) is 18.2 Å². The number of carboxylic acid groups (broad SMARTS) is 1. The quantitative estimate of drug-likeness (QED) is 0.750. The second kappa shape index (κ2) is 7.58. The van der Waals surface area contributed by atoms with Crippen LogP contribution in [-0.4, -0.2) is 55.0 Å². The van der Waals surface area contributed by atoms with Crippen LogP contribution in [0, 0.1) is 5.92 Å². The Balaban J connectivity index is 1.35. The van der Waals surface area contributed by atoms with Crippen LogP contribution in [0.4, 0.5) is 0 Å². The SMILES string of the molecule is O=C(O)Cn1cc(CN2CCC[C@H]2C(=O)NC2(C3CCCCC3)CC2)nn1. The van der Waals surface area contributed by atoms with Crippen molar-refractivity contribution in [2.75, 3.05) is 6.54 Å². The Morgan fingerprint density at radius 3 is 2.67 bits per heavy atom. The molecular formula is C19H29N5O3. The third-order valence-electron chi connectivity index (χ3n) is 6.46. The van der Waals surface area contributed by atoms with E-state index < -0.39 is 5.97 Å². The lowest BCUT2D eigenvalue weighted by Crippen LogP contribution is -2.50. The lowest BCUT2D eigenvalue weighted by Gasteiger charge is -2.33. The molecule has 8 nitrogen and oxygen atoms in total. The Morgan fingerprint density at radius 1 is 1.19 bits per heavy atom. The number of amides is 1. The number of rotatable bonds is 7. The van der Waals surface area contributed by atoms with Gasteiger partial charge in [-0.05, 0) is 51.0 Å². The predicted molar refractivity (Wildman–Crippen MR) is 97.8 cm³/mol. The van der Waals surface area contributed by atoms with Crippen LogP contribution >= 0.6 is 0 Å². The number of hydrogen-bond acceptors (Lipinski definition) is 5. The molecule has 0 unspecified atom stereocenters. The summed E-state index contributed by atoms with van der Waals surface area (Å²) in [5.41, 5.74) is 0.778. The highest BCUT2D eigenvalue weighted by Gasteiger charge is 2.51. The first kappa shape index (κ1) is 18.4. The number of nitrogens with zero attached hydrogens (tertiary/aromatic N) is 4. The van der Waals surface area contributed by atoms with Crippen LogP contribution in [0.1, 0.15) is 63.5 Å². The van der Waals surface area contributed by atoms with Crippen molar-refractivity contribution in [2.45, 2.75) is 82.5 Å². The third kappa shape index (κ3) is 4.15. The van der Waals surface area contributed by atoms with Crippen molar-refractivity contribution in [1.29, 1.82) is 0 Å². The standard InChI is InChI=1S/C19H29N5O3/c25-17(26)13-24-12-15(21-22-24)11-23-10-4-7-16(23)18(27)20-19(8-9-19)14-5-2-1-3-6-14/h12,14,16H,1-11,13H2,(H,20,27)(H,25,26)/t16-/m0/s1. The third-order valence-corrected chi connectivity index (χ3v) is 6.46. The van der Waals surface area contributed by atoms with Gasteiger partial charge in [-0.3, -0.25) is 14.5 Å². The van der Waals surface area contributed by atoms with Gasteiger partial charge in [-0.25, -0.2) is 4.68 Å². The smallest absolute Gasteiger partial charge is 0.325 e. The molecule has 1 aliphatic heterocycles. The maximum atomic E-state index is 13.0. The van der Waals surface area contributed by atoms with Gasteiger partial charge in [-0.2, -0.15) is 0 Å². The number of nitrogens with one attached hydrogen (secondary N) is 1. The van der Waals surface area contributed by atoms with Gasteiger partial charge in [0.1, 0.15) is 6.54 Å². The van der Waals surface area contributed by atoms with Crippen LogP contribution in [0.3, 0.4) is 0 Å². The summed E-state index contributed by atoms with van der Waals surface area (Å²) < 4.78 is 1.32. The van der Waals surface area contributed by atoms with E-state index in [0.717, 1.165) is 32.2 Å². The van der Waals surface area contributed by atoms with Crippen molar-refractivity contribution >= 4 is 11.9 Å². The van der Waals surface area contributed by atoms with Gasteiger partial charge in [-0.1, -0.05) is 24.5 Å². The molecule has 0 aromatic carbocycles. The van der Waals surface area contributed by atoms with Crippen LogP contribution < -0.4 is 5.32 Å². The lowest BCUT2D eigenvalue weighted by molar-refractivity contribution is -0.138. The number of carboxylic acids is 1. The molecule has 2 heterocycles. The number of likely N-dealkylation sites (tertiary alicyclic amines) is 1. The fourth-order valence-corrected chi connectivity index (χ4v) is 4.90. The fourth-order valence-electron chi connectivity index (χ4n) is 4.90. The van der Waals surface area contributed by atoms with E-state index in [1.165, 1.54) is 36.8 Å². The van der Waals surface area contributed by atoms with Crippen molar-refractivity contribution < 1.29 is 14.7 Å². The summed E-state index contributed by atoms with van der Waals surface area (Å²) in [6.07, 6.45) is 12.2. The molecule has 27 heavy (non-hydrogen) atoms. The summed E-state index contributed by atoms with van der Waals surface area (Å²) in [5.74, 6) is -0.128. The predicted octanol–water partition coefficient (Wildman–Crippen LogP) is 1.56. The average molecular weight is 375 g/mol. The molecule has 3 fully saturated rings. The van der Waals surface area contributed by atoms with Crippen LogP contribution in [0.2, 0.25) is 0 Å². The zero-order valence-corrected chi connectivity index (χ0v) is 15.8. The Labute approximate surface area is 159 Å². The van der Waals surface area contributed by atoms with Crippen molar-refractivity contribution in [3.05, 3.63) is 11.9 Å². The summed E-state index contributed by atoms with van der Waals surface area (Å²) in [5, 5.41) is 20.2. The topological polar surface area (TPSA) is 100 Å². The second-order valence-electron chi connectivity index (χ2n) is 8.41. The molecule has 0 bridgehead atoms. The van der Waals surface area contributed by atoms with Gasteiger partial charge in [-0.15, -0.1) is 5.10 Å². The van der Waals surface area contributed by atoms with Gasteiger partial charge in [0.05, 0.1) is 17.9 Å². The summed E-state index contributed by atoms with van der Waals surface area (Å²) in [6.45, 7) is 1.20. The Morgan fingerprint density at radius 2 is 1.96 bits per heavy atom. The zero-order chi connectivity index (χ0) is 18.9. The molecule has 2 aliphatic carbocycles. The molecule has 8 heteroatoms. The van der Waals surface area contributed by atoms with E-state index in [-0.39, 0.29) is 24.0 Å². The molecule has 2 saturated carbocycles.